The number of hydrogen-bond acceptors (Lipinski definition) is 7. The lowest BCUT2D eigenvalue weighted by Gasteiger charge is -2.28. The maximum Gasteiger partial charge on any atom is 0.262 e. The second-order valence-corrected chi connectivity index (χ2v) is 11.8. The number of methoxy groups -OCH3 is 2. The summed E-state index contributed by atoms with van der Waals surface area (Å²) in [7, 11) is -4.88. The third kappa shape index (κ3) is 6.71. The summed E-state index contributed by atoms with van der Waals surface area (Å²) in [5.74, 6) is 0.173. The van der Waals surface area contributed by atoms with Crippen LogP contribution in [0.25, 0.3) is 0 Å². The predicted molar refractivity (Wildman–Crippen MR) is 143 cm³/mol. The van der Waals surface area contributed by atoms with Crippen LogP contribution in [0.4, 0.5) is 17.1 Å². The lowest BCUT2D eigenvalue weighted by molar-refractivity contribution is -0.116. The molecule has 3 aromatic carbocycles. The number of carbonyl (C=O) groups excluding carboxylic acids is 1. The van der Waals surface area contributed by atoms with Crippen molar-refractivity contribution in [3.8, 4) is 11.5 Å². The first-order valence-electron chi connectivity index (χ1n) is 11.1. The Hall–Kier alpha value is -3.77. The average molecular weight is 548 g/mol. The quantitative estimate of drug-likeness (QED) is 0.396. The van der Waals surface area contributed by atoms with Gasteiger partial charge in [0.15, 0.2) is 0 Å². The lowest BCUT2D eigenvalue weighted by atomic mass is 10.2. The molecule has 12 heteroatoms. The van der Waals surface area contributed by atoms with Gasteiger partial charge in [-0.05, 0) is 62.4 Å². The van der Waals surface area contributed by atoms with E-state index in [9.17, 15) is 21.6 Å². The third-order valence-electron chi connectivity index (χ3n) is 5.46. The molecule has 0 heterocycles. The van der Waals surface area contributed by atoms with Crippen LogP contribution in [-0.2, 0) is 24.8 Å². The number of ether oxygens (including phenoxy) is 2. The molecule has 2 N–H and O–H groups in total. The van der Waals surface area contributed by atoms with E-state index in [1.54, 1.807) is 36.4 Å². The molecular formula is C25H29N3O7S2. The van der Waals surface area contributed by atoms with Crippen molar-refractivity contribution in [1.82, 2.24) is 0 Å². The zero-order chi connectivity index (χ0) is 27.4. The first-order chi connectivity index (χ1) is 17.4. The van der Waals surface area contributed by atoms with Gasteiger partial charge in [0.2, 0.25) is 15.9 Å². The smallest absolute Gasteiger partial charge is 0.262 e. The number of anilines is 3. The van der Waals surface area contributed by atoms with Crippen molar-refractivity contribution < 1.29 is 31.1 Å². The minimum Gasteiger partial charge on any atom is -0.497 e. The van der Waals surface area contributed by atoms with Crippen LogP contribution in [0.2, 0.25) is 0 Å². The van der Waals surface area contributed by atoms with Gasteiger partial charge in [-0.3, -0.25) is 13.8 Å². The molecule has 0 bridgehead atoms. The molecule has 10 nitrogen and oxygen atoms in total. The van der Waals surface area contributed by atoms with E-state index in [0.29, 0.717) is 22.9 Å². The normalized spacial score (nSPS) is 12.4. The Morgan fingerprint density at radius 1 is 0.892 bits per heavy atom. The highest BCUT2D eigenvalue weighted by Gasteiger charge is 2.29. The van der Waals surface area contributed by atoms with Gasteiger partial charge in [-0.15, -0.1) is 0 Å². The Morgan fingerprint density at radius 3 is 2.05 bits per heavy atom. The molecule has 0 radical (unpaired) electrons. The van der Waals surface area contributed by atoms with Gasteiger partial charge in [-0.2, -0.15) is 0 Å². The standard InChI is InChI=1S/C25H29N3O7S2/c1-17-6-10-20(11-7-17)28(36(5,30)31)18(2)25(29)26-19-8-13-22(14-9-19)37(32,33)27-23-16-21(34-3)12-15-24(23)35-4/h6-16,18,27H,1-5H3,(H,26,29)/t18-/m0/s1. The van der Waals surface area contributed by atoms with Crippen molar-refractivity contribution in [1.29, 1.82) is 0 Å². The molecule has 1 atom stereocenters. The van der Waals surface area contributed by atoms with Crippen LogP contribution >= 0.6 is 0 Å². The van der Waals surface area contributed by atoms with Gasteiger partial charge in [0.25, 0.3) is 10.0 Å². The van der Waals surface area contributed by atoms with E-state index >= 15 is 0 Å². The molecule has 0 saturated heterocycles. The topological polar surface area (TPSA) is 131 Å². The van der Waals surface area contributed by atoms with E-state index < -0.39 is 32.0 Å². The molecule has 0 aliphatic carbocycles. The molecule has 1 amide bonds. The minimum absolute atomic E-state index is 0.0548. The fourth-order valence-electron chi connectivity index (χ4n) is 3.56. The highest BCUT2D eigenvalue weighted by Crippen LogP contribution is 2.31. The van der Waals surface area contributed by atoms with Crippen LogP contribution in [0.5, 0.6) is 11.5 Å². The van der Waals surface area contributed by atoms with E-state index in [1.165, 1.54) is 51.5 Å². The molecule has 0 saturated carbocycles. The monoisotopic (exact) mass is 547 g/mol. The highest BCUT2D eigenvalue weighted by atomic mass is 32.2. The molecule has 0 aliphatic rings. The fourth-order valence-corrected chi connectivity index (χ4v) is 5.80. The summed E-state index contributed by atoms with van der Waals surface area (Å²) >= 11 is 0. The van der Waals surface area contributed by atoms with E-state index in [2.05, 4.69) is 10.0 Å². The van der Waals surface area contributed by atoms with Gasteiger partial charge in [0.1, 0.15) is 17.5 Å². The van der Waals surface area contributed by atoms with Crippen LogP contribution in [0.3, 0.4) is 0 Å². The Morgan fingerprint density at radius 2 is 1.51 bits per heavy atom. The molecule has 3 rings (SSSR count). The first-order valence-corrected chi connectivity index (χ1v) is 14.4. The number of sulfonamides is 2. The molecule has 0 spiro atoms. The van der Waals surface area contributed by atoms with Crippen LogP contribution in [-0.4, -0.2) is 49.3 Å². The second-order valence-electron chi connectivity index (χ2n) is 8.26. The summed E-state index contributed by atoms with van der Waals surface area (Å²) in [6.45, 7) is 3.35. The second kappa shape index (κ2) is 11.1. The summed E-state index contributed by atoms with van der Waals surface area (Å²) in [5, 5.41) is 2.64. The number of nitrogens with zero attached hydrogens (tertiary/aromatic N) is 1. The number of hydrogen-bond donors (Lipinski definition) is 2. The molecule has 0 aliphatic heterocycles. The van der Waals surface area contributed by atoms with Crippen LogP contribution in [0, 0.1) is 6.92 Å². The lowest BCUT2D eigenvalue weighted by Crippen LogP contribution is -2.45. The molecule has 198 valence electrons. The Bertz CT molecular complexity index is 1470. The van der Waals surface area contributed by atoms with Crippen molar-refractivity contribution >= 4 is 43.0 Å². The fraction of sp³-hybridized carbons (Fsp3) is 0.240. The number of rotatable bonds is 10. The van der Waals surface area contributed by atoms with Crippen molar-refractivity contribution in [2.45, 2.75) is 24.8 Å². The maximum absolute atomic E-state index is 12.9. The van der Waals surface area contributed by atoms with Crippen LogP contribution < -0.4 is 23.8 Å². The van der Waals surface area contributed by atoms with E-state index in [0.717, 1.165) is 16.1 Å². The molecule has 3 aromatic rings. The van der Waals surface area contributed by atoms with E-state index in [4.69, 9.17) is 9.47 Å². The maximum atomic E-state index is 12.9. The molecule has 37 heavy (non-hydrogen) atoms. The van der Waals surface area contributed by atoms with E-state index in [1.807, 2.05) is 6.92 Å². The summed E-state index contributed by atoms with van der Waals surface area (Å²) in [6.07, 6.45) is 1.03. The Balaban J connectivity index is 1.78. The number of carbonyl (C=O) groups is 1. The van der Waals surface area contributed by atoms with Gasteiger partial charge in [0.05, 0.1) is 36.7 Å². The van der Waals surface area contributed by atoms with Gasteiger partial charge >= 0.3 is 0 Å². The molecule has 0 unspecified atom stereocenters. The zero-order valence-corrected chi connectivity index (χ0v) is 22.7. The summed E-state index contributed by atoms with van der Waals surface area (Å²) in [4.78, 5) is 12.9. The van der Waals surface area contributed by atoms with Gasteiger partial charge < -0.3 is 14.8 Å². The highest BCUT2D eigenvalue weighted by molar-refractivity contribution is 7.92. The third-order valence-corrected chi connectivity index (χ3v) is 8.08. The Labute approximate surface area is 217 Å². The minimum atomic E-state index is -3.99. The van der Waals surface area contributed by atoms with E-state index in [-0.39, 0.29) is 10.6 Å². The van der Waals surface area contributed by atoms with Crippen molar-refractivity contribution in [3.63, 3.8) is 0 Å². The summed E-state index contributed by atoms with van der Waals surface area (Å²) < 4.78 is 64.6. The van der Waals surface area contributed by atoms with Crippen molar-refractivity contribution in [2.75, 3.05) is 34.8 Å². The average Bonchev–Trinajstić information content (AvgIpc) is 2.84. The number of benzene rings is 3. The Kier molecular flexibility index (Phi) is 8.34. The van der Waals surface area contributed by atoms with Crippen LogP contribution in [0.1, 0.15) is 12.5 Å². The SMILES string of the molecule is COc1ccc(OC)c(NS(=O)(=O)c2ccc(NC(=O)[C@H](C)N(c3ccc(C)cc3)S(C)(=O)=O)cc2)c1. The zero-order valence-electron chi connectivity index (χ0n) is 21.0. The van der Waals surface area contributed by atoms with Crippen molar-refractivity contribution in [3.05, 3.63) is 72.3 Å². The summed E-state index contributed by atoms with van der Waals surface area (Å²) in [6, 6.07) is 15.9. The largest absolute Gasteiger partial charge is 0.497 e. The predicted octanol–water partition coefficient (Wildman–Crippen LogP) is 3.61. The van der Waals surface area contributed by atoms with Gasteiger partial charge in [0, 0.05) is 11.8 Å². The molecule has 0 fully saturated rings. The van der Waals surface area contributed by atoms with Crippen LogP contribution in [0.15, 0.2) is 71.6 Å². The number of aryl methyl sites for hydroxylation is 1. The number of nitrogens with one attached hydrogen (secondary N) is 2. The first kappa shape index (κ1) is 27.8. The van der Waals surface area contributed by atoms with Crippen molar-refractivity contribution in [2.24, 2.45) is 0 Å². The number of amides is 1. The van der Waals surface area contributed by atoms with Gasteiger partial charge in [-0.1, -0.05) is 17.7 Å². The summed E-state index contributed by atoms with van der Waals surface area (Å²) in [5.41, 5.74) is 1.80. The molecule has 0 aromatic heterocycles. The van der Waals surface area contributed by atoms with Gasteiger partial charge in [-0.25, -0.2) is 16.8 Å². The molecular weight excluding hydrogens is 518 g/mol.